The fourth-order valence-electron chi connectivity index (χ4n) is 2.75. The molecule has 0 aromatic rings. The Kier molecular flexibility index (Phi) is 4.45. The average Bonchev–Trinajstić information content (AvgIpc) is 2.64. The van der Waals surface area contributed by atoms with E-state index in [1.807, 2.05) is 0 Å². The van der Waals surface area contributed by atoms with E-state index in [0.717, 1.165) is 12.5 Å². The summed E-state index contributed by atoms with van der Waals surface area (Å²) in [5.74, 6) is 0.961. The molecule has 2 unspecified atom stereocenters. The van der Waals surface area contributed by atoms with Gasteiger partial charge in [0.1, 0.15) is 0 Å². The van der Waals surface area contributed by atoms with Crippen LogP contribution in [0.25, 0.3) is 0 Å². The molecule has 2 atom stereocenters. The molecule has 0 radical (unpaired) electrons. The molecule has 0 spiro atoms. The number of hydrogen-bond donors (Lipinski definition) is 1. The van der Waals surface area contributed by atoms with Gasteiger partial charge in [0, 0.05) is 12.6 Å². The molecule has 88 valence electrons. The maximum Gasteiger partial charge on any atom is 0.0576 e. The first-order valence-corrected chi connectivity index (χ1v) is 6.72. The van der Waals surface area contributed by atoms with Crippen LogP contribution >= 0.6 is 0 Å². The van der Waals surface area contributed by atoms with Crippen molar-refractivity contribution in [1.29, 1.82) is 0 Å². The summed E-state index contributed by atoms with van der Waals surface area (Å²) in [5, 5.41) is 0. The highest BCUT2D eigenvalue weighted by Gasteiger charge is 2.20. The fraction of sp³-hybridized carbons (Fsp3) is 1.00. The summed E-state index contributed by atoms with van der Waals surface area (Å²) >= 11 is 0. The molecule has 2 rings (SSSR count). The molecule has 0 aromatic heterocycles. The van der Waals surface area contributed by atoms with Crippen LogP contribution in [0.15, 0.2) is 0 Å². The minimum atomic E-state index is 0.455. The van der Waals surface area contributed by atoms with Crippen LogP contribution < -0.4 is 5.73 Å². The van der Waals surface area contributed by atoms with Crippen LogP contribution in [0.2, 0.25) is 0 Å². The van der Waals surface area contributed by atoms with E-state index in [1.165, 1.54) is 57.8 Å². The van der Waals surface area contributed by atoms with Gasteiger partial charge in [-0.3, -0.25) is 0 Å². The second-order valence-corrected chi connectivity index (χ2v) is 5.36. The van der Waals surface area contributed by atoms with Crippen molar-refractivity contribution in [3.63, 3.8) is 0 Å². The van der Waals surface area contributed by atoms with Gasteiger partial charge in [-0.05, 0) is 44.4 Å². The Bertz CT molecular complexity index is 173. The molecule has 1 saturated heterocycles. The molecule has 1 aliphatic heterocycles. The van der Waals surface area contributed by atoms with Crippen LogP contribution in [-0.4, -0.2) is 18.8 Å². The Morgan fingerprint density at radius 1 is 1.20 bits per heavy atom. The van der Waals surface area contributed by atoms with Gasteiger partial charge in [-0.2, -0.15) is 0 Å². The molecule has 0 bridgehead atoms. The third-order valence-electron chi connectivity index (χ3n) is 3.99. The number of nitrogens with two attached hydrogens (primary N) is 1. The maximum absolute atomic E-state index is 6.13. The molecule has 15 heavy (non-hydrogen) atoms. The quantitative estimate of drug-likeness (QED) is 0.733. The molecule has 1 heterocycles. The minimum Gasteiger partial charge on any atom is -0.378 e. The van der Waals surface area contributed by atoms with Crippen LogP contribution in [0.3, 0.4) is 0 Å². The van der Waals surface area contributed by atoms with Crippen molar-refractivity contribution in [2.75, 3.05) is 6.61 Å². The first-order valence-electron chi connectivity index (χ1n) is 6.72. The molecule has 1 aliphatic carbocycles. The number of hydrogen-bond acceptors (Lipinski definition) is 2. The molecule has 2 heteroatoms. The van der Waals surface area contributed by atoms with Crippen molar-refractivity contribution in [2.45, 2.75) is 69.9 Å². The Morgan fingerprint density at radius 3 is 2.67 bits per heavy atom. The molecule has 2 nitrogen and oxygen atoms in total. The van der Waals surface area contributed by atoms with Gasteiger partial charge in [0.05, 0.1) is 6.10 Å². The molecule has 0 amide bonds. The summed E-state index contributed by atoms with van der Waals surface area (Å²) in [7, 11) is 0. The maximum atomic E-state index is 6.13. The summed E-state index contributed by atoms with van der Waals surface area (Å²) in [4.78, 5) is 0. The average molecular weight is 211 g/mol. The van der Waals surface area contributed by atoms with Crippen molar-refractivity contribution in [3.05, 3.63) is 0 Å². The van der Waals surface area contributed by atoms with Crippen LogP contribution in [-0.2, 0) is 4.74 Å². The molecule has 1 saturated carbocycles. The zero-order valence-electron chi connectivity index (χ0n) is 9.79. The lowest BCUT2D eigenvalue weighted by Gasteiger charge is -2.28. The van der Waals surface area contributed by atoms with E-state index in [2.05, 4.69) is 0 Å². The van der Waals surface area contributed by atoms with Crippen molar-refractivity contribution < 1.29 is 4.74 Å². The van der Waals surface area contributed by atoms with E-state index in [0.29, 0.717) is 12.1 Å². The third kappa shape index (κ3) is 3.76. The summed E-state index contributed by atoms with van der Waals surface area (Å²) in [6, 6.07) is 0.455. The molecular weight excluding hydrogens is 186 g/mol. The molecule has 0 aromatic carbocycles. The standard InChI is InChI=1S/C13H25NO/c14-12(10-11-4-1-5-11)6-2-7-13-8-3-9-15-13/h11-13H,1-10,14H2. The topological polar surface area (TPSA) is 35.2 Å². The second kappa shape index (κ2) is 5.86. The number of rotatable bonds is 6. The Morgan fingerprint density at radius 2 is 2.07 bits per heavy atom. The van der Waals surface area contributed by atoms with E-state index in [4.69, 9.17) is 10.5 Å². The van der Waals surface area contributed by atoms with Gasteiger partial charge in [0.2, 0.25) is 0 Å². The van der Waals surface area contributed by atoms with Crippen LogP contribution in [0.1, 0.15) is 57.8 Å². The first kappa shape index (κ1) is 11.4. The predicted molar refractivity (Wildman–Crippen MR) is 62.8 cm³/mol. The predicted octanol–water partition coefficient (Wildman–Crippen LogP) is 2.85. The van der Waals surface area contributed by atoms with Gasteiger partial charge in [-0.1, -0.05) is 19.3 Å². The lowest BCUT2D eigenvalue weighted by molar-refractivity contribution is 0.101. The van der Waals surface area contributed by atoms with Crippen molar-refractivity contribution >= 4 is 0 Å². The molecule has 2 N–H and O–H groups in total. The fourth-order valence-corrected chi connectivity index (χ4v) is 2.75. The zero-order chi connectivity index (χ0) is 10.5. The van der Waals surface area contributed by atoms with E-state index in [1.54, 1.807) is 0 Å². The monoisotopic (exact) mass is 211 g/mol. The highest BCUT2D eigenvalue weighted by atomic mass is 16.5. The lowest BCUT2D eigenvalue weighted by atomic mass is 9.80. The zero-order valence-corrected chi connectivity index (χ0v) is 9.79. The SMILES string of the molecule is NC(CCCC1CCCO1)CC1CCC1. The Balaban J connectivity index is 1.48. The lowest BCUT2D eigenvalue weighted by Crippen LogP contribution is -2.26. The molecule has 2 aliphatic rings. The normalized spacial score (nSPS) is 29.0. The van der Waals surface area contributed by atoms with Crippen LogP contribution in [0.4, 0.5) is 0 Å². The van der Waals surface area contributed by atoms with Gasteiger partial charge in [0.25, 0.3) is 0 Å². The van der Waals surface area contributed by atoms with E-state index < -0.39 is 0 Å². The van der Waals surface area contributed by atoms with Gasteiger partial charge < -0.3 is 10.5 Å². The van der Waals surface area contributed by atoms with Gasteiger partial charge >= 0.3 is 0 Å². The second-order valence-electron chi connectivity index (χ2n) is 5.36. The summed E-state index contributed by atoms with van der Waals surface area (Å²) < 4.78 is 5.61. The van der Waals surface area contributed by atoms with E-state index in [-0.39, 0.29) is 0 Å². The van der Waals surface area contributed by atoms with E-state index >= 15 is 0 Å². The Labute approximate surface area is 93.6 Å². The van der Waals surface area contributed by atoms with Gasteiger partial charge in [-0.25, -0.2) is 0 Å². The number of ether oxygens (including phenoxy) is 1. The van der Waals surface area contributed by atoms with Crippen molar-refractivity contribution in [2.24, 2.45) is 11.7 Å². The largest absolute Gasteiger partial charge is 0.378 e. The summed E-state index contributed by atoms with van der Waals surface area (Å²) in [6.45, 7) is 0.985. The summed E-state index contributed by atoms with van der Waals surface area (Å²) in [5.41, 5.74) is 6.13. The van der Waals surface area contributed by atoms with Crippen LogP contribution in [0.5, 0.6) is 0 Å². The highest BCUT2D eigenvalue weighted by Crippen LogP contribution is 2.31. The van der Waals surface area contributed by atoms with Gasteiger partial charge in [0.15, 0.2) is 0 Å². The van der Waals surface area contributed by atoms with Crippen molar-refractivity contribution in [1.82, 2.24) is 0 Å². The third-order valence-corrected chi connectivity index (χ3v) is 3.99. The minimum absolute atomic E-state index is 0.455. The molecule has 2 fully saturated rings. The Hall–Kier alpha value is -0.0800. The van der Waals surface area contributed by atoms with Gasteiger partial charge in [-0.15, -0.1) is 0 Å². The smallest absolute Gasteiger partial charge is 0.0576 e. The highest BCUT2D eigenvalue weighted by molar-refractivity contribution is 4.75. The first-order chi connectivity index (χ1) is 7.34. The molecular formula is C13H25NO. The summed E-state index contributed by atoms with van der Waals surface area (Å²) in [6.07, 6.45) is 12.4. The van der Waals surface area contributed by atoms with E-state index in [9.17, 15) is 0 Å². The van der Waals surface area contributed by atoms with Crippen LogP contribution in [0, 0.1) is 5.92 Å². The van der Waals surface area contributed by atoms with Crippen molar-refractivity contribution in [3.8, 4) is 0 Å².